The first kappa shape index (κ1) is 19.4. The number of methoxy groups -OCH3 is 2. The van der Waals surface area contributed by atoms with Crippen LogP contribution in [0, 0.1) is 12.1 Å². The Morgan fingerprint density at radius 1 is 0.680 bits per heavy atom. The second-order valence-electron chi connectivity index (χ2n) is 8.59. The Kier molecular flexibility index (Phi) is 5.51. The largest absolute Gasteiger partial charge is 0.497 e. The number of rotatable bonds is 4. The number of ether oxygens (including phenoxy) is 2. The predicted octanol–water partition coefficient (Wildman–Crippen LogP) is 5.49. The highest BCUT2D eigenvalue weighted by Crippen LogP contribution is 2.30. The Balaban J connectivity index is 2.45. The summed E-state index contributed by atoms with van der Waals surface area (Å²) in [6.45, 7) is 13.2. The molecule has 0 saturated carbocycles. The fourth-order valence-electron chi connectivity index (χ4n) is 2.64. The molecule has 0 atom stereocenters. The summed E-state index contributed by atoms with van der Waals surface area (Å²) in [7, 11) is 3.42. The lowest BCUT2D eigenvalue weighted by molar-refractivity contribution is 0.411. The number of hydrogen-bond acceptors (Lipinski definition) is 2. The third-order valence-electron chi connectivity index (χ3n) is 4.26. The normalized spacial score (nSPS) is 12.2. The Morgan fingerprint density at radius 2 is 1.04 bits per heavy atom. The second-order valence-corrected chi connectivity index (χ2v) is 8.59. The molecule has 0 N–H and O–H groups in total. The number of benzene rings is 2. The van der Waals surface area contributed by atoms with E-state index in [1.165, 1.54) is 0 Å². The Morgan fingerprint density at radius 3 is 1.32 bits per heavy atom. The van der Waals surface area contributed by atoms with Crippen molar-refractivity contribution in [3.63, 3.8) is 0 Å². The Bertz CT molecular complexity index is 667. The molecule has 0 bridgehead atoms. The highest BCUT2D eigenvalue weighted by Gasteiger charge is 2.18. The fraction of sp³-hybridized carbons (Fsp3) is 0.478. The van der Waals surface area contributed by atoms with E-state index in [1.54, 1.807) is 14.2 Å². The van der Waals surface area contributed by atoms with E-state index in [4.69, 9.17) is 9.47 Å². The van der Waals surface area contributed by atoms with Crippen molar-refractivity contribution in [2.75, 3.05) is 14.2 Å². The zero-order valence-corrected chi connectivity index (χ0v) is 16.8. The van der Waals surface area contributed by atoms with Crippen LogP contribution in [0.15, 0.2) is 24.3 Å². The molecule has 0 fully saturated rings. The summed E-state index contributed by atoms with van der Waals surface area (Å²) >= 11 is 0. The summed E-state index contributed by atoms with van der Waals surface area (Å²) in [5, 5.41) is 0. The van der Waals surface area contributed by atoms with Gasteiger partial charge < -0.3 is 9.47 Å². The third-order valence-corrected chi connectivity index (χ3v) is 4.26. The molecular formula is C23H30O2. The number of hydrogen-bond donors (Lipinski definition) is 0. The molecule has 2 aromatic rings. The van der Waals surface area contributed by atoms with Crippen LogP contribution in [0.25, 0.3) is 0 Å². The van der Waals surface area contributed by atoms with Gasteiger partial charge in [-0.15, -0.1) is 0 Å². The van der Waals surface area contributed by atoms with Crippen LogP contribution < -0.4 is 9.47 Å². The van der Waals surface area contributed by atoms with E-state index in [0.717, 1.165) is 40.2 Å². The summed E-state index contributed by atoms with van der Waals surface area (Å²) in [6.07, 6.45) is 0.751. The lowest BCUT2D eigenvalue weighted by Gasteiger charge is -2.22. The molecule has 0 unspecified atom stereocenters. The van der Waals surface area contributed by atoms with Gasteiger partial charge in [0.25, 0.3) is 0 Å². The molecule has 25 heavy (non-hydrogen) atoms. The smallest absolute Gasteiger partial charge is 0.119 e. The third kappa shape index (κ3) is 5.01. The summed E-state index contributed by atoms with van der Waals surface area (Å²) in [6, 6.07) is 15.4. The lowest BCUT2D eigenvalue weighted by Crippen LogP contribution is -2.13. The van der Waals surface area contributed by atoms with Gasteiger partial charge in [0.05, 0.1) is 14.2 Å². The van der Waals surface area contributed by atoms with Crippen LogP contribution in [0.5, 0.6) is 11.5 Å². The van der Waals surface area contributed by atoms with Crippen molar-refractivity contribution in [2.24, 2.45) is 0 Å². The molecule has 0 aliphatic rings. The van der Waals surface area contributed by atoms with Gasteiger partial charge in [0.15, 0.2) is 0 Å². The van der Waals surface area contributed by atoms with Gasteiger partial charge in [-0.05, 0) is 75.9 Å². The monoisotopic (exact) mass is 338 g/mol. The second kappa shape index (κ2) is 7.11. The minimum absolute atomic E-state index is 0.0257. The van der Waals surface area contributed by atoms with Crippen molar-refractivity contribution < 1.29 is 9.47 Å². The fourth-order valence-corrected chi connectivity index (χ4v) is 2.64. The average molecular weight is 338 g/mol. The van der Waals surface area contributed by atoms with Crippen LogP contribution in [0.1, 0.15) is 63.8 Å². The quantitative estimate of drug-likeness (QED) is 0.734. The molecule has 0 aliphatic carbocycles. The van der Waals surface area contributed by atoms with Gasteiger partial charge in [0.2, 0.25) is 0 Å². The molecule has 2 aromatic carbocycles. The lowest BCUT2D eigenvalue weighted by atomic mass is 9.84. The van der Waals surface area contributed by atoms with Gasteiger partial charge in [0.1, 0.15) is 11.5 Å². The summed E-state index contributed by atoms with van der Waals surface area (Å²) < 4.78 is 11.0. The SMILES string of the molecule is COc1cc(Cc2[c]c(C(C)(C)C)cc(OC)c2)[c]c(C(C)(C)C)c1. The van der Waals surface area contributed by atoms with Gasteiger partial charge in [-0.25, -0.2) is 0 Å². The van der Waals surface area contributed by atoms with Crippen LogP contribution in [0.2, 0.25) is 0 Å². The van der Waals surface area contributed by atoms with Gasteiger partial charge >= 0.3 is 0 Å². The molecule has 0 aliphatic heterocycles. The van der Waals surface area contributed by atoms with Crippen molar-refractivity contribution in [3.8, 4) is 11.5 Å². The minimum atomic E-state index is 0.0257. The van der Waals surface area contributed by atoms with E-state index in [-0.39, 0.29) is 10.8 Å². The van der Waals surface area contributed by atoms with Crippen LogP contribution in [-0.2, 0) is 17.3 Å². The zero-order chi connectivity index (χ0) is 18.8. The van der Waals surface area contributed by atoms with E-state index < -0.39 is 0 Å². The van der Waals surface area contributed by atoms with Crippen molar-refractivity contribution in [1.82, 2.24) is 0 Å². The van der Waals surface area contributed by atoms with E-state index in [0.29, 0.717) is 0 Å². The first-order valence-electron chi connectivity index (χ1n) is 8.74. The van der Waals surface area contributed by atoms with Crippen LogP contribution >= 0.6 is 0 Å². The zero-order valence-electron chi connectivity index (χ0n) is 16.8. The first-order chi connectivity index (χ1) is 11.5. The molecule has 0 saturated heterocycles. The molecule has 0 amide bonds. The molecule has 2 radical (unpaired) electrons. The van der Waals surface area contributed by atoms with E-state index in [9.17, 15) is 0 Å². The van der Waals surface area contributed by atoms with Crippen molar-refractivity contribution >= 4 is 0 Å². The Labute approximate surface area is 153 Å². The topological polar surface area (TPSA) is 18.5 Å². The summed E-state index contributed by atoms with van der Waals surface area (Å²) in [5.41, 5.74) is 4.57. The minimum Gasteiger partial charge on any atom is -0.497 e. The molecule has 0 aromatic heterocycles. The van der Waals surface area contributed by atoms with Crippen molar-refractivity contribution in [2.45, 2.75) is 58.8 Å². The molecule has 0 heterocycles. The van der Waals surface area contributed by atoms with Crippen molar-refractivity contribution in [3.05, 3.63) is 58.7 Å². The predicted molar refractivity (Wildman–Crippen MR) is 104 cm³/mol. The van der Waals surface area contributed by atoms with Crippen LogP contribution in [-0.4, -0.2) is 14.2 Å². The molecule has 2 nitrogen and oxygen atoms in total. The molecule has 2 heteroatoms. The van der Waals surface area contributed by atoms with Crippen LogP contribution in [0.3, 0.4) is 0 Å². The first-order valence-corrected chi connectivity index (χ1v) is 8.74. The highest BCUT2D eigenvalue weighted by molar-refractivity contribution is 5.42. The Hall–Kier alpha value is -1.96. The van der Waals surface area contributed by atoms with E-state index in [1.807, 2.05) is 0 Å². The average Bonchev–Trinajstić information content (AvgIpc) is 2.52. The maximum absolute atomic E-state index is 5.50. The van der Waals surface area contributed by atoms with E-state index >= 15 is 0 Å². The van der Waals surface area contributed by atoms with Crippen molar-refractivity contribution in [1.29, 1.82) is 0 Å². The summed E-state index contributed by atoms with van der Waals surface area (Å²) in [5.74, 6) is 1.75. The molecule has 0 spiro atoms. The maximum Gasteiger partial charge on any atom is 0.119 e. The van der Waals surface area contributed by atoms with Gasteiger partial charge in [-0.1, -0.05) is 41.5 Å². The van der Waals surface area contributed by atoms with Gasteiger partial charge in [-0.2, -0.15) is 0 Å². The highest BCUT2D eigenvalue weighted by atomic mass is 16.5. The van der Waals surface area contributed by atoms with Gasteiger partial charge in [-0.3, -0.25) is 0 Å². The molecule has 2 rings (SSSR count). The van der Waals surface area contributed by atoms with E-state index in [2.05, 4.69) is 77.9 Å². The van der Waals surface area contributed by atoms with Crippen LogP contribution in [0.4, 0.5) is 0 Å². The molecule has 134 valence electrons. The summed E-state index contributed by atoms with van der Waals surface area (Å²) in [4.78, 5) is 0. The maximum atomic E-state index is 5.50. The van der Waals surface area contributed by atoms with Gasteiger partial charge in [0, 0.05) is 0 Å². The standard InChI is InChI=1S/C23H30O2/c1-22(2,3)18-10-16(12-20(14-18)24-7)9-17-11-19(23(4,5)6)15-21(13-17)25-8/h12-15H,9H2,1-8H3. The molecular weight excluding hydrogens is 308 g/mol.